The molecule has 0 bridgehead atoms. The van der Waals surface area contributed by atoms with Gasteiger partial charge in [0.15, 0.2) is 6.29 Å². The van der Waals surface area contributed by atoms with E-state index in [1.165, 1.54) is 15.9 Å². The molecule has 0 spiro atoms. The number of carbonyl (C=O) groups is 1. The third-order valence-electron chi connectivity index (χ3n) is 4.85. The van der Waals surface area contributed by atoms with Gasteiger partial charge in [0.1, 0.15) is 4.83 Å². The molecular formula is C17H22N2O4S. The molecule has 1 aliphatic carbocycles. The Kier molecular flexibility index (Phi) is 4.25. The molecule has 2 aromatic heterocycles. The second-order valence-corrected chi connectivity index (χ2v) is 8.25. The second kappa shape index (κ2) is 5.97. The number of nitrogens with zero attached hydrogens (tertiary/aromatic N) is 2. The zero-order valence-electron chi connectivity index (χ0n) is 14.4. The first-order valence-corrected chi connectivity index (χ1v) is 8.85. The number of aromatic nitrogens is 2. The SMILES string of the molecule is COCCn1c(=O)n(C2CC(C)(C)C2)c(=O)c2c(C)c(C=O)sc21. The van der Waals surface area contributed by atoms with Gasteiger partial charge in [-0.25, -0.2) is 4.79 Å². The van der Waals surface area contributed by atoms with E-state index in [1.54, 1.807) is 18.6 Å². The lowest BCUT2D eigenvalue weighted by molar-refractivity contribution is 0.0967. The summed E-state index contributed by atoms with van der Waals surface area (Å²) in [5, 5.41) is 0.488. The van der Waals surface area contributed by atoms with Gasteiger partial charge in [-0.2, -0.15) is 0 Å². The highest BCUT2D eigenvalue weighted by molar-refractivity contribution is 7.20. The molecule has 1 fully saturated rings. The number of carbonyl (C=O) groups excluding carboxylic acids is 1. The van der Waals surface area contributed by atoms with Crippen molar-refractivity contribution in [2.45, 2.75) is 46.2 Å². The lowest BCUT2D eigenvalue weighted by Gasteiger charge is -2.43. The van der Waals surface area contributed by atoms with Crippen molar-refractivity contribution < 1.29 is 9.53 Å². The van der Waals surface area contributed by atoms with E-state index in [-0.39, 0.29) is 22.7 Å². The van der Waals surface area contributed by atoms with Crippen molar-refractivity contribution in [2.75, 3.05) is 13.7 Å². The molecule has 6 nitrogen and oxygen atoms in total. The number of fused-ring (bicyclic) bond motifs is 1. The average Bonchev–Trinajstić information content (AvgIpc) is 2.82. The zero-order chi connectivity index (χ0) is 17.6. The Morgan fingerprint density at radius 3 is 2.54 bits per heavy atom. The van der Waals surface area contributed by atoms with Crippen molar-refractivity contribution in [2.24, 2.45) is 5.41 Å². The van der Waals surface area contributed by atoms with Crippen LogP contribution in [0, 0.1) is 12.3 Å². The summed E-state index contributed by atoms with van der Waals surface area (Å²) in [6, 6.07) is -0.0721. The summed E-state index contributed by atoms with van der Waals surface area (Å²) in [4.78, 5) is 38.3. The van der Waals surface area contributed by atoms with Gasteiger partial charge in [-0.3, -0.25) is 18.7 Å². The summed E-state index contributed by atoms with van der Waals surface area (Å²) in [5.74, 6) is 0. The summed E-state index contributed by atoms with van der Waals surface area (Å²) >= 11 is 1.20. The Balaban J connectivity index is 2.28. The minimum Gasteiger partial charge on any atom is -0.383 e. The van der Waals surface area contributed by atoms with Crippen LogP contribution in [0.5, 0.6) is 0 Å². The minimum absolute atomic E-state index is 0.0721. The van der Waals surface area contributed by atoms with E-state index in [4.69, 9.17) is 4.74 Å². The molecule has 0 aliphatic heterocycles. The van der Waals surface area contributed by atoms with Crippen molar-refractivity contribution in [1.29, 1.82) is 0 Å². The highest BCUT2D eigenvalue weighted by Gasteiger charge is 2.39. The van der Waals surface area contributed by atoms with Crippen molar-refractivity contribution in [1.82, 2.24) is 9.13 Å². The normalized spacial score (nSPS) is 17.2. The third kappa shape index (κ3) is 2.56. The van der Waals surface area contributed by atoms with Crippen LogP contribution in [0.2, 0.25) is 0 Å². The number of hydrogen-bond donors (Lipinski definition) is 0. The zero-order valence-corrected chi connectivity index (χ0v) is 15.2. The molecule has 1 aliphatic rings. The first-order chi connectivity index (χ1) is 11.3. The van der Waals surface area contributed by atoms with Crippen LogP contribution in [0.3, 0.4) is 0 Å². The second-order valence-electron chi connectivity index (χ2n) is 7.22. The monoisotopic (exact) mass is 350 g/mol. The Hall–Kier alpha value is -1.73. The molecule has 0 unspecified atom stereocenters. The van der Waals surface area contributed by atoms with Crippen molar-refractivity contribution in [3.8, 4) is 0 Å². The fraction of sp³-hybridized carbons (Fsp3) is 0.588. The van der Waals surface area contributed by atoms with Crippen LogP contribution in [-0.2, 0) is 11.3 Å². The first kappa shape index (κ1) is 17.1. The predicted molar refractivity (Wildman–Crippen MR) is 94.4 cm³/mol. The number of hydrogen-bond acceptors (Lipinski definition) is 5. The number of methoxy groups -OCH3 is 1. The smallest absolute Gasteiger partial charge is 0.332 e. The molecule has 0 amide bonds. The topological polar surface area (TPSA) is 70.3 Å². The molecule has 0 aromatic carbocycles. The molecule has 2 heterocycles. The minimum atomic E-state index is -0.302. The molecule has 2 aromatic rings. The van der Waals surface area contributed by atoms with Crippen molar-refractivity contribution in [3.63, 3.8) is 0 Å². The summed E-state index contributed by atoms with van der Waals surface area (Å²) in [5.41, 5.74) is 0.240. The number of aldehydes is 1. The lowest BCUT2D eigenvalue weighted by Crippen LogP contribution is -2.48. The van der Waals surface area contributed by atoms with Crippen molar-refractivity contribution >= 4 is 27.8 Å². The highest BCUT2D eigenvalue weighted by Crippen LogP contribution is 2.46. The van der Waals surface area contributed by atoms with Crippen molar-refractivity contribution in [3.05, 3.63) is 31.3 Å². The van der Waals surface area contributed by atoms with Crippen LogP contribution in [0.4, 0.5) is 0 Å². The molecular weight excluding hydrogens is 328 g/mol. The van der Waals surface area contributed by atoms with Gasteiger partial charge in [0.05, 0.1) is 23.4 Å². The highest BCUT2D eigenvalue weighted by atomic mass is 32.1. The fourth-order valence-electron chi connectivity index (χ4n) is 3.59. The standard InChI is InChI=1S/C17H22N2O4S/c1-10-12(9-20)24-15-13(10)14(21)19(11-7-17(2,3)8-11)16(22)18(15)5-6-23-4/h9,11H,5-8H2,1-4H3. The van der Waals surface area contributed by atoms with Gasteiger partial charge in [-0.1, -0.05) is 13.8 Å². The van der Waals surface area contributed by atoms with Gasteiger partial charge in [-0.15, -0.1) is 11.3 Å². The van der Waals surface area contributed by atoms with Crippen LogP contribution >= 0.6 is 11.3 Å². The Labute approximate surface area is 143 Å². The molecule has 7 heteroatoms. The van der Waals surface area contributed by atoms with Gasteiger partial charge in [0.25, 0.3) is 5.56 Å². The predicted octanol–water partition coefficient (Wildman–Crippen LogP) is 2.35. The molecule has 0 saturated heterocycles. The van der Waals surface area contributed by atoms with Gasteiger partial charge < -0.3 is 4.74 Å². The van der Waals surface area contributed by atoms with Crippen LogP contribution in [0.25, 0.3) is 10.2 Å². The number of ether oxygens (including phenoxy) is 1. The van der Waals surface area contributed by atoms with E-state index in [2.05, 4.69) is 13.8 Å². The average molecular weight is 350 g/mol. The third-order valence-corrected chi connectivity index (χ3v) is 6.09. The summed E-state index contributed by atoms with van der Waals surface area (Å²) < 4.78 is 8.07. The van der Waals surface area contributed by atoms with E-state index >= 15 is 0 Å². The van der Waals surface area contributed by atoms with E-state index in [0.717, 1.165) is 19.1 Å². The van der Waals surface area contributed by atoms with E-state index in [1.807, 2.05) is 0 Å². The Morgan fingerprint density at radius 2 is 2.00 bits per heavy atom. The maximum Gasteiger partial charge on any atom is 0.332 e. The summed E-state index contributed by atoms with van der Waals surface area (Å²) in [7, 11) is 1.57. The molecule has 3 rings (SSSR count). The number of thiophene rings is 1. The molecule has 24 heavy (non-hydrogen) atoms. The van der Waals surface area contributed by atoms with Crippen LogP contribution in [0.1, 0.15) is 48.0 Å². The largest absolute Gasteiger partial charge is 0.383 e. The molecule has 1 saturated carbocycles. The Bertz CT molecular complexity index is 911. The van der Waals surface area contributed by atoms with Gasteiger partial charge in [0, 0.05) is 13.2 Å². The van der Waals surface area contributed by atoms with Gasteiger partial charge in [-0.05, 0) is 30.7 Å². The fourth-order valence-corrected chi connectivity index (χ4v) is 4.73. The summed E-state index contributed by atoms with van der Waals surface area (Å²) in [6.07, 6.45) is 2.37. The maximum absolute atomic E-state index is 13.0. The van der Waals surface area contributed by atoms with Crippen LogP contribution in [-0.4, -0.2) is 29.1 Å². The lowest BCUT2D eigenvalue weighted by atomic mass is 9.68. The maximum atomic E-state index is 13.0. The quantitative estimate of drug-likeness (QED) is 0.776. The van der Waals surface area contributed by atoms with Gasteiger partial charge in [0.2, 0.25) is 0 Å². The molecule has 0 radical (unpaired) electrons. The van der Waals surface area contributed by atoms with Gasteiger partial charge >= 0.3 is 5.69 Å². The molecule has 130 valence electrons. The summed E-state index contributed by atoms with van der Waals surface area (Å²) in [6.45, 7) is 6.77. The van der Waals surface area contributed by atoms with E-state index < -0.39 is 0 Å². The van der Waals surface area contributed by atoms with E-state index in [0.29, 0.717) is 33.8 Å². The number of aryl methyl sites for hydroxylation is 1. The molecule has 0 atom stereocenters. The molecule has 0 N–H and O–H groups in total. The number of rotatable bonds is 5. The Morgan fingerprint density at radius 1 is 1.33 bits per heavy atom. The first-order valence-electron chi connectivity index (χ1n) is 8.03. The van der Waals surface area contributed by atoms with E-state index in [9.17, 15) is 14.4 Å². The van der Waals surface area contributed by atoms with Crippen LogP contribution < -0.4 is 11.2 Å². The van der Waals surface area contributed by atoms with Crippen LogP contribution in [0.15, 0.2) is 9.59 Å².